The van der Waals surface area contributed by atoms with Gasteiger partial charge in [0.15, 0.2) is 5.78 Å². The van der Waals surface area contributed by atoms with Crippen molar-refractivity contribution in [3.05, 3.63) is 36.2 Å². The van der Waals surface area contributed by atoms with E-state index < -0.39 is 5.54 Å². The van der Waals surface area contributed by atoms with E-state index >= 15 is 0 Å². The molecule has 0 spiro atoms. The van der Waals surface area contributed by atoms with Gasteiger partial charge in [-0.2, -0.15) is 0 Å². The number of para-hydroxylation sites is 2. The lowest BCUT2D eigenvalue weighted by atomic mass is 9.91. The number of hydrogen-bond acceptors (Lipinski definition) is 5. The Labute approximate surface area is 117 Å². The smallest absolute Gasteiger partial charge is 0.182 e. The maximum atomic E-state index is 12.1. The Hall–Kier alpha value is -2.14. The Bertz CT molecular complexity index is 665. The minimum Gasteiger partial charge on any atom is -0.319 e. The first kappa shape index (κ1) is 14.3. The lowest BCUT2D eigenvalue weighted by molar-refractivity contribution is -0.121. The molecule has 1 aromatic heterocycles. The minimum absolute atomic E-state index is 0.130. The summed E-state index contributed by atoms with van der Waals surface area (Å²) in [6, 6.07) is 7.36. The second-order valence-corrected chi connectivity index (χ2v) is 5.14. The maximum absolute atomic E-state index is 12.1. The van der Waals surface area contributed by atoms with Crippen molar-refractivity contribution >= 4 is 22.6 Å². The van der Waals surface area contributed by atoms with Gasteiger partial charge in [0.1, 0.15) is 11.5 Å². The van der Waals surface area contributed by atoms with E-state index in [1.807, 2.05) is 24.3 Å². The molecule has 104 valence electrons. The van der Waals surface area contributed by atoms with Crippen LogP contribution in [0.1, 0.15) is 37.2 Å². The molecule has 5 heteroatoms. The number of nitrogens with two attached hydrogens (primary N) is 1. The van der Waals surface area contributed by atoms with Gasteiger partial charge in [-0.15, -0.1) is 0 Å². The summed E-state index contributed by atoms with van der Waals surface area (Å²) in [5, 5.41) is 0. The number of hydrogen-bond donors (Lipinski definition) is 1. The topological polar surface area (TPSA) is 85.9 Å². The summed E-state index contributed by atoms with van der Waals surface area (Å²) in [6.45, 7) is 3.06. The van der Waals surface area contributed by atoms with E-state index in [-0.39, 0.29) is 18.0 Å². The number of Topliss-reactive ketones (excluding diaryl/α,β-unsaturated/α-hetero) is 2. The van der Waals surface area contributed by atoms with E-state index in [1.54, 1.807) is 6.92 Å². The molecule has 0 saturated carbocycles. The average Bonchev–Trinajstić information content (AvgIpc) is 2.44. The summed E-state index contributed by atoms with van der Waals surface area (Å²) in [7, 11) is 0. The van der Waals surface area contributed by atoms with E-state index in [0.717, 1.165) is 5.52 Å². The summed E-state index contributed by atoms with van der Waals surface area (Å²) >= 11 is 0. The predicted octanol–water partition coefficient (Wildman–Crippen LogP) is 1.90. The van der Waals surface area contributed by atoms with Crippen LogP contribution in [0.25, 0.3) is 11.0 Å². The summed E-state index contributed by atoms with van der Waals surface area (Å²) in [6.07, 6.45) is 1.95. The van der Waals surface area contributed by atoms with Crippen molar-refractivity contribution in [1.29, 1.82) is 0 Å². The van der Waals surface area contributed by atoms with Gasteiger partial charge in [-0.3, -0.25) is 14.6 Å². The van der Waals surface area contributed by atoms with Crippen molar-refractivity contribution in [2.24, 2.45) is 5.73 Å². The minimum atomic E-state index is -0.972. The number of carbonyl (C=O) groups excluding carboxylic acids is 2. The standard InChI is InChI=1S/C15H17N3O2/c1-10(19)15(2,16)8-7-14(20)13-9-17-11-5-3-4-6-12(11)18-13/h3-6,9H,7-8,16H2,1-2H3. The number of ketones is 2. The molecule has 2 aromatic rings. The van der Waals surface area contributed by atoms with Crippen LogP contribution in [-0.4, -0.2) is 27.1 Å². The number of aromatic nitrogens is 2. The van der Waals surface area contributed by atoms with E-state index in [2.05, 4.69) is 9.97 Å². The van der Waals surface area contributed by atoms with Gasteiger partial charge in [-0.25, -0.2) is 4.98 Å². The zero-order valence-electron chi connectivity index (χ0n) is 11.6. The zero-order chi connectivity index (χ0) is 14.8. The summed E-state index contributed by atoms with van der Waals surface area (Å²) in [5.74, 6) is -0.281. The van der Waals surface area contributed by atoms with Gasteiger partial charge < -0.3 is 5.73 Å². The van der Waals surface area contributed by atoms with Gasteiger partial charge in [0.2, 0.25) is 0 Å². The Kier molecular flexibility index (Phi) is 3.90. The molecule has 1 unspecified atom stereocenters. The third kappa shape index (κ3) is 3.05. The maximum Gasteiger partial charge on any atom is 0.182 e. The molecule has 0 bridgehead atoms. The second-order valence-electron chi connectivity index (χ2n) is 5.14. The monoisotopic (exact) mass is 271 g/mol. The highest BCUT2D eigenvalue weighted by Crippen LogP contribution is 2.14. The third-order valence-electron chi connectivity index (χ3n) is 3.41. The molecular weight excluding hydrogens is 254 g/mol. The molecule has 0 radical (unpaired) electrons. The number of benzene rings is 1. The molecule has 1 atom stereocenters. The average molecular weight is 271 g/mol. The van der Waals surface area contributed by atoms with Crippen LogP contribution in [0.2, 0.25) is 0 Å². The molecule has 0 aliphatic heterocycles. The van der Waals surface area contributed by atoms with Crippen molar-refractivity contribution < 1.29 is 9.59 Å². The van der Waals surface area contributed by atoms with Gasteiger partial charge in [0, 0.05) is 6.42 Å². The second kappa shape index (κ2) is 5.46. The quantitative estimate of drug-likeness (QED) is 0.839. The first-order chi connectivity index (χ1) is 9.40. The van der Waals surface area contributed by atoms with Crippen LogP contribution in [0, 0.1) is 0 Å². The van der Waals surface area contributed by atoms with Crippen LogP contribution in [-0.2, 0) is 4.79 Å². The first-order valence-corrected chi connectivity index (χ1v) is 6.45. The van der Waals surface area contributed by atoms with Gasteiger partial charge in [0.25, 0.3) is 0 Å². The van der Waals surface area contributed by atoms with Crippen molar-refractivity contribution in [3.63, 3.8) is 0 Å². The molecule has 0 fully saturated rings. The van der Waals surface area contributed by atoms with Gasteiger partial charge >= 0.3 is 0 Å². The Balaban J connectivity index is 2.14. The van der Waals surface area contributed by atoms with Gasteiger partial charge in [-0.1, -0.05) is 12.1 Å². The normalized spacial score (nSPS) is 13.9. The van der Waals surface area contributed by atoms with Crippen molar-refractivity contribution in [3.8, 4) is 0 Å². The number of rotatable bonds is 5. The van der Waals surface area contributed by atoms with Crippen LogP contribution < -0.4 is 5.73 Å². The molecule has 0 amide bonds. The molecule has 1 heterocycles. The molecular formula is C15H17N3O2. The summed E-state index contributed by atoms with van der Waals surface area (Å²) in [4.78, 5) is 31.9. The van der Waals surface area contributed by atoms with E-state index in [1.165, 1.54) is 13.1 Å². The Morgan fingerprint density at radius 1 is 1.25 bits per heavy atom. The molecule has 5 nitrogen and oxygen atoms in total. The molecule has 0 aliphatic rings. The van der Waals surface area contributed by atoms with E-state index in [4.69, 9.17) is 5.73 Å². The van der Waals surface area contributed by atoms with Gasteiger partial charge in [0.05, 0.1) is 22.8 Å². The molecule has 20 heavy (non-hydrogen) atoms. The number of fused-ring (bicyclic) bond motifs is 1. The fourth-order valence-electron chi connectivity index (χ4n) is 1.77. The van der Waals surface area contributed by atoms with Crippen LogP contribution >= 0.6 is 0 Å². The van der Waals surface area contributed by atoms with E-state index in [0.29, 0.717) is 17.6 Å². The zero-order valence-corrected chi connectivity index (χ0v) is 11.6. The summed E-state index contributed by atoms with van der Waals surface area (Å²) in [5.41, 5.74) is 6.60. The third-order valence-corrected chi connectivity index (χ3v) is 3.41. The van der Waals surface area contributed by atoms with Crippen LogP contribution in [0.4, 0.5) is 0 Å². The van der Waals surface area contributed by atoms with Crippen molar-refractivity contribution in [2.45, 2.75) is 32.2 Å². The highest BCUT2D eigenvalue weighted by atomic mass is 16.1. The highest BCUT2D eigenvalue weighted by molar-refractivity contribution is 5.96. The van der Waals surface area contributed by atoms with Crippen LogP contribution in [0.5, 0.6) is 0 Å². The lowest BCUT2D eigenvalue weighted by Gasteiger charge is -2.20. The summed E-state index contributed by atoms with van der Waals surface area (Å²) < 4.78 is 0. The predicted molar refractivity (Wildman–Crippen MR) is 76.4 cm³/mol. The molecule has 0 aliphatic carbocycles. The van der Waals surface area contributed by atoms with Crippen molar-refractivity contribution in [2.75, 3.05) is 0 Å². The number of carbonyl (C=O) groups is 2. The molecule has 0 saturated heterocycles. The SMILES string of the molecule is CC(=O)C(C)(N)CCC(=O)c1cnc2ccccc2n1. The van der Waals surface area contributed by atoms with E-state index in [9.17, 15) is 9.59 Å². The fraction of sp³-hybridized carbons (Fsp3) is 0.333. The molecule has 2 N–H and O–H groups in total. The van der Waals surface area contributed by atoms with Gasteiger partial charge in [-0.05, 0) is 32.4 Å². The first-order valence-electron chi connectivity index (χ1n) is 6.45. The van der Waals surface area contributed by atoms with Crippen LogP contribution in [0.3, 0.4) is 0 Å². The Morgan fingerprint density at radius 3 is 2.55 bits per heavy atom. The Morgan fingerprint density at radius 2 is 1.90 bits per heavy atom. The molecule has 1 aromatic carbocycles. The number of nitrogens with zero attached hydrogens (tertiary/aromatic N) is 2. The van der Waals surface area contributed by atoms with Crippen molar-refractivity contribution in [1.82, 2.24) is 9.97 Å². The lowest BCUT2D eigenvalue weighted by Crippen LogP contribution is -2.43. The fourth-order valence-corrected chi connectivity index (χ4v) is 1.77. The largest absolute Gasteiger partial charge is 0.319 e. The molecule has 2 rings (SSSR count). The van der Waals surface area contributed by atoms with Crippen LogP contribution in [0.15, 0.2) is 30.5 Å². The highest BCUT2D eigenvalue weighted by Gasteiger charge is 2.25.